The highest BCUT2D eigenvalue weighted by atomic mass is 79.9. The summed E-state index contributed by atoms with van der Waals surface area (Å²) in [4.78, 5) is 11.9. The van der Waals surface area contributed by atoms with E-state index in [0.29, 0.717) is 22.7 Å². The van der Waals surface area contributed by atoms with Gasteiger partial charge in [0.05, 0.1) is 13.3 Å². The molecule has 2 amide bonds. The van der Waals surface area contributed by atoms with Crippen LogP contribution in [0.4, 0.5) is 10.5 Å². The number of carbonyl (C=O) groups is 1. The molecule has 2 aromatic carbocycles. The second-order valence-electron chi connectivity index (χ2n) is 5.15. The van der Waals surface area contributed by atoms with Crippen molar-refractivity contribution in [3.05, 3.63) is 52.0 Å². The molecule has 0 atom stereocenters. The average molecular weight is 417 g/mol. The van der Waals surface area contributed by atoms with E-state index in [2.05, 4.69) is 31.8 Å². The summed E-state index contributed by atoms with van der Waals surface area (Å²) in [5.74, 6) is 0.932. The summed E-state index contributed by atoms with van der Waals surface area (Å²) in [5.41, 5.74) is 4.77. The zero-order chi connectivity index (χ0) is 18.9. The molecular weight excluding hydrogens is 400 g/mol. The molecule has 0 saturated carbocycles. The summed E-state index contributed by atoms with van der Waals surface area (Å²) in [6.45, 7) is 1.86. The van der Waals surface area contributed by atoms with Gasteiger partial charge in [-0.15, -0.1) is 0 Å². The third kappa shape index (κ3) is 5.50. The zero-order valence-corrected chi connectivity index (χ0v) is 15.8. The Labute approximate surface area is 159 Å². The molecule has 2 N–H and O–H groups in total. The minimum atomic E-state index is -0.455. The largest absolute Gasteiger partial charge is 0.493 e. The number of carbonyl (C=O) groups excluding carboxylic acids is 1. The van der Waals surface area contributed by atoms with Crippen LogP contribution in [0.25, 0.3) is 0 Å². The average Bonchev–Trinajstić information content (AvgIpc) is 2.63. The van der Waals surface area contributed by atoms with Crippen LogP contribution in [0, 0.1) is 18.3 Å². The van der Waals surface area contributed by atoms with Crippen molar-refractivity contribution >= 4 is 33.9 Å². The third-order valence-electron chi connectivity index (χ3n) is 3.28. The molecule has 0 spiro atoms. The van der Waals surface area contributed by atoms with Gasteiger partial charge in [-0.1, -0.05) is 15.9 Å². The van der Waals surface area contributed by atoms with Gasteiger partial charge in [0, 0.05) is 10.2 Å². The molecule has 0 aliphatic carbocycles. The zero-order valence-electron chi connectivity index (χ0n) is 14.2. The van der Waals surface area contributed by atoms with E-state index in [9.17, 15) is 4.79 Å². The topological polar surface area (TPSA) is 95.7 Å². The molecule has 7 nitrogen and oxygen atoms in total. The first-order valence-corrected chi connectivity index (χ1v) is 8.36. The molecule has 0 fully saturated rings. The van der Waals surface area contributed by atoms with E-state index >= 15 is 0 Å². The van der Waals surface area contributed by atoms with Crippen molar-refractivity contribution in [2.75, 3.05) is 19.0 Å². The second-order valence-corrected chi connectivity index (χ2v) is 6.00. The Kier molecular flexibility index (Phi) is 7.00. The summed E-state index contributed by atoms with van der Waals surface area (Å²) in [6, 6.07) is 12.0. The van der Waals surface area contributed by atoms with E-state index in [0.717, 1.165) is 10.0 Å². The number of nitrogens with one attached hydrogen (secondary N) is 2. The predicted octanol–water partition coefficient (Wildman–Crippen LogP) is 3.82. The van der Waals surface area contributed by atoms with Crippen LogP contribution >= 0.6 is 15.9 Å². The van der Waals surface area contributed by atoms with E-state index < -0.39 is 6.03 Å². The molecule has 0 bridgehead atoms. The van der Waals surface area contributed by atoms with Crippen molar-refractivity contribution in [3.63, 3.8) is 0 Å². The van der Waals surface area contributed by atoms with Gasteiger partial charge < -0.3 is 14.8 Å². The lowest BCUT2D eigenvalue weighted by molar-refractivity contribution is 0.252. The van der Waals surface area contributed by atoms with Gasteiger partial charge in [-0.05, 0) is 54.4 Å². The maximum Gasteiger partial charge on any atom is 0.339 e. The van der Waals surface area contributed by atoms with Crippen LogP contribution in [-0.4, -0.2) is 26.0 Å². The first kappa shape index (κ1) is 19.3. The number of aryl methyl sites for hydroxylation is 1. The molecular formula is C18H17BrN4O3. The number of nitriles is 1. The van der Waals surface area contributed by atoms with E-state index in [4.69, 9.17) is 14.7 Å². The fourth-order valence-corrected chi connectivity index (χ4v) is 2.29. The molecule has 134 valence electrons. The van der Waals surface area contributed by atoms with Gasteiger partial charge in [0.1, 0.15) is 6.07 Å². The van der Waals surface area contributed by atoms with Crippen molar-refractivity contribution in [1.82, 2.24) is 5.43 Å². The second kappa shape index (κ2) is 9.44. The molecule has 0 heterocycles. The molecule has 8 heteroatoms. The lowest BCUT2D eigenvalue weighted by atomic mass is 10.2. The van der Waals surface area contributed by atoms with Gasteiger partial charge in [0.25, 0.3) is 0 Å². The summed E-state index contributed by atoms with van der Waals surface area (Å²) in [6.07, 6.45) is 1.48. The number of ether oxygens (including phenoxy) is 2. The minimum absolute atomic E-state index is 0.0684. The van der Waals surface area contributed by atoms with Crippen LogP contribution in [0.1, 0.15) is 11.1 Å². The smallest absolute Gasteiger partial charge is 0.339 e. The quantitative estimate of drug-likeness (QED) is 0.552. The molecule has 0 saturated heterocycles. The summed E-state index contributed by atoms with van der Waals surface area (Å²) < 4.78 is 11.4. The van der Waals surface area contributed by atoms with Crippen LogP contribution < -0.4 is 20.2 Å². The predicted molar refractivity (Wildman–Crippen MR) is 103 cm³/mol. The third-order valence-corrected chi connectivity index (χ3v) is 4.17. The maximum atomic E-state index is 11.9. The van der Waals surface area contributed by atoms with E-state index in [1.54, 1.807) is 24.3 Å². The number of urea groups is 1. The number of hydrazone groups is 1. The van der Waals surface area contributed by atoms with Gasteiger partial charge in [-0.25, -0.2) is 10.2 Å². The molecule has 0 aromatic heterocycles. The highest BCUT2D eigenvalue weighted by Crippen LogP contribution is 2.27. The van der Waals surface area contributed by atoms with Gasteiger partial charge >= 0.3 is 6.03 Å². The van der Waals surface area contributed by atoms with Crippen LogP contribution in [0.15, 0.2) is 46.0 Å². The Balaban J connectivity index is 1.95. The number of hydrogen-bond donors (Lipinski definition) is 2. The van der Waals surface area contributed by atoms with Crippen LogP contribution in [0.5, 0.6) is 11.5 Å². The summed E-state index contributed by atoms with van der Waals surface area (Å²) in [7, 11) is 1.50. The van der Waals surface area contributed by atoms with Crippen LogP contribution in [0.3, 0.4) is 0 Å². The summed E-state index contributed by atoms with van der Waals surface area (Å²) >= 11 is 3.41. The van der Waals surface area contributed by atoms with Gasteiger partial charge in [-0.2, -0.15) is 10.4 Å². The molecule has 2 aromatic rings. The number of benzene rings is 2. The number of hydrogen-bond acceptors (Lipinski definition) is 5. The van der Waals surface area contributed by atoms with Crippen LogP contribution in [-0.2, 0) is 0 Å². The Morgan fingerprint density at radius 1 is 1.31 bits per heavy atom. The van der Waals surface area contributed by atoms with Crippen molar-refractivity contribution in [1.29, 1.82) is 5.26 Å². The highest BCUT2D eigenvalue weighted by molar-refractivity contribution is 9.10. The maximum absolute atomic E-state index is 11.9. The first-order valence-electron chi connectivity index (χ1n) is 7.57. The summed E-state index contributed by atoms with van der Waals surface area (Å²) in [5, 5.41) is 15.2. The number of amides is 2. The van der Waals surface area contributed by atoms with Crippen molar-refractivity contribution in [2.45, 2.75) is 6.92 Å². The normalized spacial score (nSPS) is 10.2. The minimum Gasteiger partial charge on any atom is -0.493 e. The molecule has 26 heavy (non-hydrogen) atoms. The Morgan fingerprint density at radius 3 is 2.81 bits per heavy atom. The Hall–Kier alpha value is -3.05. The van der Waals surface area contributed by atoms with E-state index in [1.165, 1.54) is 13.3 Å². The number of anilines is 1. The molecule has 0 unspecified atom stereocenters. The number of halogens is 1. The highest BCUT2D eigenvalue weighted by Gasteiger charge is 2.05. The molecule has 0 aliphatic heterocycles. The van der Waals surface area contributed by atoms with Gasteiger partial charge in [-0.3, -0.25) is 0 Å². The van der Waals surface area contributed by atoms with Crippen molar-refractivity contribution in [3.8, 4) is 17.6 Å². The van der Waals surface area contributed by atoms with Gasteiger partial charge in [0.15, 0.2) is 18.1 Å². The number of methoxy groups -OCH3 is 1. The lowest BCUT2D eigenvalue weighted by Crippen LogP contribution is -2.24. The van der Waals surface area contributed by atoms with Crippen molar-refractivity contribution < 1.29 is 14.3 Å². The number of rotatable bonds is 6. The van der Waals surface area contributed by atoms with E-state index in [1.807, 2.05) is 25.1 Å². The Bertz CT molecular complexity index is 862. The first-order chi connectivity index (χ1) is 12.5. The van der Waals surface area contributed by atoms with Crippen molar-refractivity contribution in [2.24, 2.45) is 5.10 Å². The van der Waals surface area contributed by atoms with Crippen LogP contribution in [0.2, 0.25) is 0 Å². The Morgan fingerprint density at radius 2 is 2.12 bits per heavy atom. The number of nitrogens with zero attached hydrogens (tertiary/aromatic N) is 2. The molecule has 0 aliphatic rings. The van der Waals surface area contributed by atoms with Gasteiger partial charge in [0.2, 0.25) is 0 Å². The molecule has 0 radical (unpaired) electrons. The molecule has 2 rings (SSSR count). The fourth-order valence-electron chi connectivity index (χ4n) is 2.04. The standard InChI is InChI=1S/C18H17BrN4O3/c1-12-9-14(4-5-15(12)19)22-18(24)23-21-11-13-3-6-16(26-8-7-20)17(10-13)25-2/h3-6,9-11H,8H2,1-2H3,(H2,22,23,24)/b21-11+. The SMILES string of the molecule is COc1cc(/C=N/NC(=O)Nc2ccc(Br)c(C)c2)ccc1OCC#N. The lowest BCUT2D eigenvalue weighted by Gasteiger charge is -2.08. The monoisotopic (exact) mass is 416 g/mol. The van der Waals surface area contributed by atoms with E-state index in [-0.39, 0.29) is 6.61 Å². The fraction of sp³-hybridized carbons (Fsp3) is 0.167.